The third-order valence-corrected chi connectivity index (χ3v) is 4.67. The van der Waals surface area contributed by atoms with Crippen molar-refractivity contribution in [1.29, 1.82) is 0 Å². The van der Waals surface area contributed by atoms with Crippen molar-refractivity contribution < 1.29 is 28.8 Å². The summed E-state index contributed by atoms with van der Waals surface area (Å²) in [5.41, 5.74) is 6.22. The van der Waals surface area contributed by atoms with Gasteiger partial charge in [-0.3, -0.25) is 4.79 Å². The molecule has 0 radical (unpaired) electrons. The van der Waals surface area contributed by atoms with Crippen molar-refractivity contribution in [3.63, 3.8) is 0 Å². The lowest BCUT2D eigenvalue weighted by Crippen LogP contribution is -2.25. The van der Waals surface area contributed by atoms with Crippen LogP contribution >= 0.6 is 0 Å². The smallest absolute Gasteiger partial charge is 0.248 e. The van der Waals surface area contributed by atoms with E-state index in [9.17, 15) is 9.90 Å². The Labute approximate surface area is 170 Å². The van der Waals surface area contributed by atoms with Crippen molar-refractivity contribution in [3.8, 4) is 17.2 Å². The van der Waals surface area contributed by atoms with Gasteiger partial charge in [0.05, 0.1) is 18.8 Å². The number of benzene rings is 2. The largest absolute Gasteiger partial charge is 0.491 e. The first kappa shape index (κ1) is 21.1. The fraction of sp³-hybridized carbons (Fsp3) is 0.409. The summed E-state index contributed by atoms with van der Waals surface area (Å²) in [6.07, 6.45) is 1.36. The number of ether oxygens (including phenoxy) is 4. The minimum atomic E-state index is -0.745. The van der Waals surface area contributed by atoms with Gasteiger partial charge in [0.1, 0.15) is 23.9 Å². The number of aliphatic hydroxyl groups is 1. The third kappa shape index (κ3) is 6.19. The van der Waals surface area contributed by atoms with Gasteiger partial charge in [0.25, 0.3) is 0 Å². The summed E-state index contributed by atoms with van der Waals surface area (Å²) in [6.45, 7) is 4.13. The highest BCUT2D eigenvalue weighted by atomic mass is 16.5. The topological polar surface area (TPSA) is 100 Å². The normalized spacial score (nSPS) is 15.7. The van der Waals surface area contributed by atoms with Gasteiger partial charge in [0, 0.05) is 24.3 Å². The van der Waals surface area contributed by atoms with Crippen molar-refractivity contribution >= 4 is 5.91 Å². The van der Waals surface area contributed by atoms with Gasteiger partial charge in [-0.05, 0) is 56.2 Å². The van der Waals surface area contributed by atoms with E-state index >= 15 is 0 Å². The molecule has 1 saturated heterocycles. The molecule has 1 aliphatic rings. The zero-order valence-corrected chi connectivity index (χ0v) is 16.5. The van der Waals surface area contributed by atoms with E-state index < -0.39 is 12.0 Å². The van der Waals surface area contributed by atoms with E-state index in [1.54, 1.807) is 43.3 Å². The van der Waals surface area contributed by atoms with Crippen molar-refractivity contribution in [1.82, 2.24) is 0 Å². The Balaban J connectivity index is 1.55. The number of rotatable bonds is 9. The molecule has 3 rings (SSSR count). The van der Waals surface area contributed by atoms with Crippen LogP contribution in [0, 0.1) is 0 Å². The molecule has 3 N–H and O–H groups in total. The van der Waals surface area contributed by atoms with Crippen LogP contribution in [0.1, 0.15) is 41.8 Å². The molecular weight excluding hydrogens is 374 g/mol. The Kier molecular flexibility index (Phi) is 7.46. The summed E-state index contributed by atoms with van der Waals surface area (Å²) >= 11 is 0. The van der Waals surface area contributed by atoms with Gasteiger partial charge in [-0.2, -0.15) is 0 Å². The fourth-order valence-corrected chi connectivity index (χ4v) is 3.07. The highest BCUT2D eigenvalue weighted by Crippen LogP contribution is 2.31. The molecule has 29 heavy (non-hydrogen) atoms. The first-order chi connectivity index (χ1) is 14.0. The number of aliphatic hydroxyl groups excluding tert-OH is 1. The highest BCUT2D eigenvalue weighted by Gasteiger charge is 2.14. The SMILES string of the molecule is C[C@H](O)c1ccc(C(N)=O)cc1Oc1ccc(OCCOC2CCOCC2)cc1. The lowest BCUT2D eigenvalue weighted by atomic mass is 10.1. The van der Waals surface area contributed by atoms with Crippen LogP contribution in [-0.2, 0) is 9.47 Å². The summed E-state index contributed by atoms with van der Waals surface area (Å²) in [6, 6.07) is 11.8. The lowest BCUT2D eigenvalue weighted by molar-refractivity contribution is -0.0388. The van der Waals surface area contributed by atoms with E-state index in [2.05, 4.69) is 0 Å². The molecule has 7 heteroatoms. The van der Waals surface area contributed by atoms with Crippen LogP contribution in [0.2, 0.25) is 0 Å². The van der Waals surface area contributed by atoms with Gasteiger partial charge in [-0.25, -0.2) is 0 Å². The zero-order chi connectivity index (χ0) is 20.6. The number of carbonyl (C=O) groups is 1. The minimum absolute atomic E-state index is 0.252. The Morgan fingerprint density at radius 2 is 1.83 bits per heavy atom. The highest BCUT2D eigenvalue weighted by molar-refractivity contribution is 5.93. The molecule has 1 amide bonds. The molecule has 156 valence electrons. The second kappa shape index (κ2) is 10.2. The molecule has 2 aromatic carbocycles. The standard InChI is InChI=1S/C22H27NO6/c1-15(24)20-7-2-16(22(23)25)14-21(20)29-19-5-3-17(4-6-19)27-12-13-28-18-8-10-26-11-9-18/h2-7,14-15,18,24H,8-13H2,1H3,(H2,23,25)/t15-/m0/s1. The van der Waals surface area contributed by atoms with Crippen LogP contribution in [0.4, 0.5) is 0 Å². The fourth-order valence-electron chi connectivity index (χ4n) is 3.07. The number of amides is 1. The van der Waals surface area contributed by atoms with E-state index in [-0.39, 0.29) is 6.10 Å². The Morgan fingerprint density at radius 3 is 2.48 bits per heavy atom. The molecule has 0 unspecified atom stereocenters. The van der Waals surface area contributed by atoms with Crippen LogP contribution in [0.15, 0.2) is 42.5 Å². The molecule has 0 bridgehead atoms. The summed E-state index contributed by atoms with van der Waals surface area (Å²) in [5, 5.41) is 9.94. The predicted molar refractivity (Wildman–Crippen MR) is 107 cm³/mol. The van der Waals surface area contributed by atoms with Crippen LogP contribution < -0.4 is 15.2 Å². The van der Waals surface area contributed by atoms with Crippen LogP contribution in [0.25, 0.3) is 0 Å². The second-order valence-electron chi connectivity index (χ2n) is 6.90. The number of nitrogens with two attached hydrogens (primary N) is 1. The van der Waals surface area contributed by atoms with Crippen molar-refractivity contribution in [2.75, 3.05) is 26.4 Å². The van der Waals surface area contributed by atoms with Crippen LogP contribution in [-0.4, -0.2) is 43.5 Å². The van der Waals surface area contributed by atoms with Crippen LogP contribution in [0.5, 0.6) is 17.2 Å². The maximum absolute atomic E-state index is 11.4. The zero-order valence-electron chi connectivity index (χ0n) is 16.5. The number of hydrogen-bond acceptors (Lipinski definition) is 6. The minimum Gasteiger partial charge on any atom is -0.491 e. The number of hydrogen-bond donors (Lipinski definition) is 2. The Bertz CT molecular complexity index is 799. The lowest BCUT2D eigenvalue weighted by Gasteiger charge is -2.22. The van der Waals surface area contributed by atoms with Gasteiger partial charge >= 0.3 is 0 Å². The average molecular weight is 401 g/mol. The molecule has 1 heterocycles. The second-order valence-corrected chi connectivity index (χ2v) is 6.90. The van der Waals surface area contributed by atoms with E-state index in [0.29, 0.717) is 41.6 Å². The van der Waals surface area contributed by atoms with Crippen molar-refractivity contribution in [2.24, 2.45) is 5.73 Å². The molecule has 1 atom stereocenters. The summed E-state index contributed by atoms with van der Waals surface area (Å²) in [4.78, 5) is 11.4. The van der Waals surface area contributed by atoms with E-state index in [4.69, 9.17) is 24.7 Å². The van der Waals surface area contributed by atoms with Gasteiger partial charge in [-0.1, -0.05) is 6.07 Å². The van der Waals surface area contributed by atoms with Gasteiger partial charge < -0.3 is 29.8 Å². The van der Waals surface area contributed by atoms with Gasteiger partial charge in [0.2, 0.25) is 5.91 Å². The predicted octanol–water partition coefficient (Wildman–Crippen LogP) is 3.21. The molecule has 1 fully saturated rings. The number of carbonyl (C=O) groups excluding carboxylic acids is 1. The molecule has 1 aliphatic heterocycles. The first-order valence-electron chi connectivity index (χ1n) is 9.75. The number of primary amides is 1. The molecule has 0 aromatic heterocycles. The van der Waals surface area contributed by atoms with Crippen molar-refractivity contribution in [3.05, 3.63) is 53.6 Å². The summed E-state index contributed by atoms with van der Waals surface area (Å²) in [5.74, 6) is 1.09. The maximum atomic E-state index is 11.4. The monoisotopic (exact) mass is 401 g/mol. The van der Waals surface area contributed by atoms with Crippen molar-refractivity contribution in [2.45, 2.75) is 32.0 Å². The Hall–Kier alpha value is -2.61. The molecule has 7 nitrogen and oxygen atoms in total. The van der Waals surface area contributed by atoms with E-state index in [1.165, 1.54) is 6.07 Å². The maximum Gasteiger partial charge on any atom is 0.248 e. The van der Waals surface area contributed by atoms with Gasteiger partial charge in [0.15, 0.2) is 0 Å². The molecule has 0 spiro atoms. The quantitative estimate of drug-likeness (QED) is 0.626. The van der Waals surface area contributed by atoms with E-state index in [1.807, 2.05) is 0 Å². The van der Waals surface area contributed by atoms with Crippen LogP contribution in [0.3, 0.4) is 0 Å². The molecular formula is C22H27NO6. The molecule has 0 aliphatic carbocycles. The average Bonchev–Trinajstić information content (AvgIpc) is 2.73. The molecule has 0 saturated carbocycles. The molecule has 2 aromatic rings. The Morgan fingerprint density at radius 1 is 1.14 bits per heavy atom. The first-order valence-corrected chi connectivity index (χ1v) is 9.75. The van der Waals surface area contributed by atoms with Gasteiger partial charge in [-0.15, -0.1) is 0 Å². The summed E-state index contributed by atoms with van der Waals surface area (Å²) in [7, 11) is 0. The van der Waals surface area contributed by atoms with E-state index in [0.717, 1.165) is 26.1 Å². The third-order valence-electron chi connectivity index (χ3n) is 4.67. The summed E-state index contributed by atoms with van der Waals surface area (Å²) < 4.78 is 22.7.